The SMILES string of the molecule is O=C1N[C@@]2(C[C@@H]3CC[C@@H]2C[C@@H]3C(=O)NC2CCN(C(=O)C3CC3)CC2)Oc2ccccc21. The average Bonchev–Trinajstić information content (AvgIpc) is 3.65. The van der Waals surface area contributed by atoms with Crippen LogP contribution in [0, 0.1) is 23.7 Å². The molecule has 5 fully saturated rings. The number of piperidine rings is 1. The quantitative estimate of drug-likeness (QED) is 0.761. The van der Waals surface area contributed by atoms with Crippen LogP contribution in [0.3, 0.4) is 0 Å². The molecule has 0 unspecified atom stereocenters. The molecule has 1 aromatic carbocycles. The summed E-state index contributed by atoms with van der Waals surface area (Å²) < 4.78 is 6.40. The van der Waals surface area contributed by atoms with Crippen LogP contribution in [0.15, 0.2) is 24.3 Å². The fourth-order valence-corrected chi connectivity index (χ4v) is 6.42. The number of rotatable bonds is 3. The Kier molecular flexibility index (Phi) is 4.70. The van der Waals surface area contributed by atoms with Crippen molar-refractivity contribution in [2.75, 3.05) is 13.1 Å². The second-order valence-electron chi connectivity index (χ2n) is 10.4. The maximum atomic E-state index is 13.2. The molecule has 2 N–H and O–H groups in total. The number of fused-ring (bicyclic) bond motifs is 3. The largest absolute Gasteiger partial charge is 0.467 e. The number of carbonyl (C=O) groups is 3. The highest BCUT2D eigenvalue weighted by Crippen LogP contribution is 2.52. The van der Waals surface area contributed by atoms with Crippen LogP contribution in [-0.2, 0) is 9.59 Å². The standard InChI is InChI=1S/C25H31N3O4/c29-22(26-18-9-11-28(12-10-18)24(31)15-5-6-15)20-13-17-8-7-16(20)14-25(17)27-23(30)19-3-1-2-4-21(19)32-25/h1-4,15-18,20H,5-14H2,(H,26,29)(H,27,30)/t16-,17+,20-,25-/m0/s1. The van der Waals surface area contributed by atoms with Gasteiger partial charge in [-0.3, -0.25) is 14.4 Å². The van der Waals surface area contributed by atoms with Gasteiger partial charge in [-0.1, -0.05) is 12.1 Å². The number of hydrogen-bond donors (Lipinski definition) is 2. The summed E-state index contributed by atoms with van der Waals surface area (Å²) in [4.78, 5) is 40.2. The molecule has 170 valence electrons. The molecule has 7 rings (SSSR count). The van der Waals surface area contributed by atoms with Crippen LogP contribution in [-0.4, -0.2) is 47.5 Å². The third kappa shape index (κ3) is 3.37. The Morgan fingerprint density at radius 1 is 1.06 bits per heavy atom. The zero-order valence-electron chi connectivity index (χ0n) is 18.3. The topological polar surface area (TPSA) is 87.7 Å². The molecule has 3 amide bonds. The van der Waals surface area contributed by atoms with Crippen LogP contribution in [0.25, 0.3) is 0 Å². The van der Waals surface area contributed by atoms with Crippen LogP contribution < -0.4 is 15.4 Å². The maximum Gasteiger partial charge on any atom is 0.258 e. The number of amides is 3. The highest BCUT2D eigenvalue weighted by molar-refractivity contribution is 5.98. The van der Waals surface area contributed by atoms with Gasteiger partial charge < -0.3 is 20.3 Å². The first-order valence-electron chi connectivity index (χ1n) is 12.2. The molecule has 7 nitrogen and oxygen atoms in total. The number of nitrogens with zero attached hydrogens (tertiary/aromatic N) is 1. The van der Waals surface area contributed by atoms with Gasteiger partial charge in [0.15, 0.2) is 5.72 Å². The first-order valence-corrected chi connectivity index (χ1v) is 12.2. The summed E-state index contributed by atoms with van der Waals surface area (Å²) in [5.41, 5.74) is -0.0972. The lowest BCUT2D eigenvalue weighted by molar-refractivity contribution is -0.147. The molecule has 4 aliphatic carbocycles. The Hall–Kier alpha value is -2.57. The Labute approximate surface area is 188 Å². The maximum absolute atomic E-state index is 13.2. The smallest absolute Gasteiger partial charge is 0.258 e. The Balaban J connectivity index is 1.08. The van der Waals surface area contributed by atoms with Gasteiger partial charge in [-0.15, -0.1) is 0 Å². The summed E-state index contributed by atoms with van der Waals surface area (Å²) in [7, 11) is 0. The van der Waals surface area contributed by atoms with Crippen molar-refractivity contribution in [1.82, 2.24) is 15.5 Å². The lowest BCUT2D eigenvalue weighted by Gasteiger charge is -2.55. The zero-order chi connectivity index (χ0) is 21.9. The van der Waals surface area contributed by atoms with Gasteiger partial charge in [0.05, 0.1) is 5.56 Å². The van der Waals surface area contributed by atoms with E-state index in [1.54, 1.807) is 6.07 Å². The average molecular weight is 438 g/mol. The predicted molar refractivity (Wildman–Crippen MR) is 117 cm³/mol. The van der Waals surface area contributed by atoms with Crippen LogP contribution in [0.2, 0.25) is 0 Å². The van der Waals surface area contributed by atoms with E-state index in [4.69, 9.17) is 4.74 Å². The molecule has 32 heavy (non-hydrogen) atoms. The van der Waals surface area contributed by atoms with Crippen molar-refractivity contribution < 1.29 is 19.1 Å². The van der Waals surface area contributed by atoms with E-state index in [1.807, 2.05) is 23.1 Å². The number of benzene rings is 1. The lowest BCUT2D eigenvalue weighted by atomic mass is 9.60. The minimum atomic E-state index is -0.681. The number of likely N-dealkylation sites (tertiary alicyclic amines) is 1. The third-order valence-electron chi connectivity index (χ3n) is 8.38. The highest BCUT2D eigenvalue weighted by atomic mass is 16.5. The van der Waals surface area contributed by atoms with E-state index < -0.39 is 5.72 Å². The summed E-state index contributed by atoms with van der Waals surface area (Å²) in [6, 6.07) is 7.55. The minimum absolute atomic E-state index is 0.0248. The number of nitrogens with one attached hydrogen (secondary N) is 2. The summed E-state index contributed by atoms with van der Waals surface area (Å²) in [6.45, 7) is 1.50. The molecule has 4 saturated carbocycles. The van der Waals surface area contributed by atoms with Crippen LogP contribution in [0.5, 0.6) is 5.75 Å². The molecular formula is C25H31N3O4. The number of hydrogen-bond acceptors (Lipinski definition) is 4. The summed E-state index contributed by atoms with van der Waals surface area (Å²) >= 11 is 0. The fourth-order valence-electron chi connectivity index (χ4n) is 6.42. The molecule has 0 aromatic heterocycles. The number of para-hydroxylation sites is 1. The van der Waals surface area contributed by atoms with Crippen LogP contribution in [0.4, 0.5) is 0 Å². The Morgan fingerprint density at radius 3 is 2.56 bits per heavy atom. The lowest BCUT2D eigenvalue weighted by Crippen LogP contribution is -2.67. The van der Waals surface area contributed by atoms with Gasteiger partial charge in [-0.05, 0) is 63.0 Å². The van der Waals surface area contributed by atoms with Crippen molar-refractivity contribution in [3.05, 3.63) is 29.8 Å². The van der Waals surface area contributed by atoms with Gasteiger partial charge in [0.25, 0.3) is 5.91 Å². The van der Waals surface area contributed by atoms with Gasteiger partial charge in [-0.2, -0.15) is 0 Å². The van der Waals surface area contributed by atoms with E-state index in [9.17, 15) is 14.4 Å². The van der Waals surface area contributed by atoms with Gasteiger partial charge in [-0.25, -0.2) is 0 Å². The van der Waals surface area contributed by atoms with E-state index in [0.29, 0.717) is 23.6 Å². The molecule has 1 aromatic rings. The molecule has 1 spiro atoms. The molecule has 2 bridgehead atoms. The van der Waals surface area contributed by atoms with Crippen molar-refractivity contribution in [2.45, 2.75) is 63.1 Å². The monoisotopic (exact) mass is 437 g/mol. The van der Waals surface area contributed by atoms with Crippen molar-refractivity contribution in [1.29, 1.82) is 0 Å². The van der Waals surface area contributed by atoms with Gasteiger partial charge >= 0.3 is 0 Å². The highest BCUT2D eigenvalue weighted by Gasteiger charge is 2.57. The van der Waals surface area contributed by atoms with Crippen molar-refractivity contribution in [2.24, 2.45) is 23.7 Å². The Bertz CT molecular complexity index is 952. The molecule has 2 aliphatic heterocycles. The second-order valence-corrected chi connectivity index (χ2v) is 10.4. The minimum Gasteiger partial charge on any atom is -0.467 e. The van der Waals surface area contributed by atoms with E-state index >= 15 is 0 Å². The van der Waals surface area contributed by atoms with Crippen LogP contribution in [0.1, 0.15) is 61.7 Å². The first-order chi connectivity index (χ1) is 15.5. The number of ether oxygens (including phenoxy) is 1. The van der Waals surface area contributed by atoms with Crippen LogP contribution >= 0.6 is 0 Å². The molecule has 4 atom stereocenters. The molecule has 1 saturated heterocycles. The van der Waals surface area contributed by atoms with Crippen molar-refractivity contribution in [3.63, 3.8) is 0 Å². The van der Waals surface area contributed by atoms with E-state index in [1.165, 1.54) is 0 Å². The van der Waals surface area contributed by atoms with Gasteiger partial charge in [0, 0.05) is 43.3 Å². The summed E-state index contributed by atoms with van der Waals surface area (Å²) in [6.07, 6.45) is 7.16. The third-order valence-corrected chi connectivity index (χ3v) is 8.38. The van der Waals surface area contributed by atoms with Crippen molar-refractivity contribution >= 4 is 17.7 Å². The second kappa shape index (κ2) is 7.49. The summed E-state index contributed by atoms with van der Waals surface area (Å²) in [5.74, 6) is 1.61. The fraction of sp³-hybridized carbons (Fsp3) is 0.640. The first kappa shape index (κ1) is 20.1. The molecular weight excluding hydrogens is 406 g/mol. The zero-order valence-corrected chi connectivity index (χ0v) is 18.3. The Morgan fingerprint density at radius 2 is 1.84 bits per heavy atom. The van der Waals surface area contributed by atoms with Gasteiger partial charge in [0.2, 0.25) is 11.8 Å². The predicted octanol–water partition coefficient (Wildman–Crippen LogP) is 2.46. The van der Waals surface area contributed by atoms with E-state index in [2.05, 4.69) is 10.6 Å². The molecule has 2 heterocycles. The molecule has 0 radical (unpaired) electrons. The summed E-state index contributed by atoms with van der Waals surface area (Å²) in [5, 5.41) is 6.45. The van der Waals surface area contributed by atoms with E-state index in [0.717, 1.165) is 58.0 Å². The number of carbonyl (C=O) groups excluding carboxylic acids is 3. The molecule has 6 aliphatic rings. The van der Waals surface area contributed by atoms with E-state index in [-0.39, 0.29) is 41.5 Å². The molecule has 7 heteroatoms. The van der Waals surface area contributed by atoms with Gasteiger partial charge in [0.1, 0.15) is 5.75 Å². The normalized spacial score (nSPS) is 33.9. The van der Waals surface area contributed by atoms with Crippen molar-refractivity contribution in [3.8, 4) is 5.75 Å².